The molecule has 0 saturated carbocycles. The molecule has 122 valence electrons. The third-order valence-electron chi connectivity index (χ3n) is 2.92. The Morgan fingerprint density at radius 1 is 1.17 bits per heavy atom. The first-order valence-electron chi connectivity index (χ1n) is 6.16. The third kappa shape index (κ3) is 5.04. The molecule has 2 rings (SSSR count). The number of aromatic carboxylic acids is 1. The molecule has 5 nitrogen and oxygen atoms in total. The Labute approximate surface area is 157 Å². The first-order valence-corrected chi connectivity index (χ1v) is 7.81. The summed E-state index contributed by atoms with van der Waals surface area (Å²) in [4.78, 5) is 13.7. The molecule has 1 aromatic carbocycles. The molecule has 0 radical (unpaired) electrons. The molecule has 0 aliphatic heterocycles. The van der Waals surface area contributed by atoms with E-state index in [0.717, 1.165) is 36.5 Å². The van der Waals surface area contributed by atoms with Gasteiger partial charge >= 0.3 is 35.7 Å². The second-order valence-electron chi connectivity index (χ2n) is 4.62. The van der Waals surface area contributed by atoms with Crippen LogP contribution in [-0.4, -0.2) is 19.4 Å². The number of nitrogens with zero attached hydrogens (tertiary/aromatic N) is 1. The zero-order chi connectivity index (χ0) is 17.3. The van der Waals surface area contributed by atoms with Gasteiger partial charge in [-0.05, 0) is 23.8 Å². The number of hydrogen-bond acceptors (Lipinski definition) is 5. The van der Waals surface area contributed by atoms with Crippen LogP contribution in [0.5, 0.6) is 0 Å². The van der Waals surface area contributed by atoms with Crippen molar-refractivity contribution in [2.24, 2.45) is 0 Å². The summed E-state index contributed by atoms with van der Waals surface area (Å²) in [5.74, 6) is -2.23. The van der Waals surface area contributed by atoms with Crippen molar-refractivity contribution in [1.82, 2.24) is 4.98 Å². The topological polar surface area (TPSA) is 87.2 Å². The van der Waals surface area contributed by atoms with Gasteiger partial charge in [0.15, 0.2) is 9.84 Å². The number of carbonyl (C=O) groups excluding carboxylic acids is 1. The quantitative estimate of drug-likeness (QED) is 0.610. The summed E-state index contributed by atoms with van der Waals surface area (Å²) in [6.45, 7) is 0. The summed E-state index contributed by atoms with van der Waals surface area (Å²) < 4.78 is 62.2. The van der Waals surface area contributed by atoms with Crippen LogP contribution in [-0.2, 0) is 21.8 Å². The minimum atomic E-state index is -4.57. The molecule has 10 heteroatoms. The number of rotatable bonds is 4. The molecule has 0 fully saturated rings. The van der Waals surface area contributed by atoms with Crippen LogP contribution < -0.4 is 34.7 Å². The summed E-state index contributed by atoms with van der Waals surface area (Å²) in [5.41, 5.74) is -1.43. The molecule has 0 atom stereocenters. The van der Waals surface area contributed by atoms with Crippen LogP contribution in [0.25, 0.3) is 0 Å². The number of alkyl halides is 3. The minimum Gasteiger partial charge on any atom is -0.543 e. The largest absolute Gasteiger partial charge is 1.00 e. The molecule has 0 amide bonds. The maximum Gasteiger partial charge on any atom is 1.00 e. The molecule has 0 aliphatic carbocycles. The predicted octanol–water partition coefficient (Wildman–Crippen LogP) is -1.56. The van der Waals surface area contributed by atoms with Gasteiger partial charge in [-0.25, -0.2) is 8.42 Å². The third-order valence-corrected chi connectivity index (χ3v) is 4.59. The van der Waals surface area contributed by atoms with Gasteiger partial charge in [0.25, 0.3) is 0 Å². The Balaban J connectivity index is 0.00000288. The number of carbonyl (C=O) groups is 1. The van der Waals surface area contributed by atoms with Crippen molar-refractivity contribution >= 4 is 15.8 Å². The average Bonchev–Trinajstić information content (AvgIpc) is 2.46. The summed E-state index contributed by atoms with van der Waals surface area (Å²) in [6, 6.07) is 5.93. The van der Waals surface area contributed by atoms with Gasteiger partial charge in [-0.3, -0.25) is 4.98 Å². The Bertz CT molecular complexity index is 836. The van der Waals surface area contributed by atoms with E-state index in [2.05, 4.69) is 4.98 Å². The summed E-state index contributed by atoms with van der Waals surface area (Å²) in [6.07, 6.45) is -3.74. The van der Waals surface area contributed by atoms with Crippen molar-refractivity contribution < 1.29 is 61.0 Å². The van der Waals surface area contributed by atoms with E-state index in [-0.39, 0.29) is 40.0 Å². The monoisotopic (exact) mass is 367 g/mol. The van der Waals surface area contributed by atoms with E-state index in [1.54, 1.807) is 0 Å². The second-order valence-corrected chi connectivity index (χ2v) is 6.61. The van der Waals surface area contributed by atoms with E-state index >= 15 is 0 Å². The smallest absolute Gasteiger partial charge is 0.543 e. The van der Waals surface area contributed by atoms with Gasteiger partial charge in [0.05, 0.1) is 27.9 Å². The van der Waals surface area contributed by atoms with Crippen LogP contribution in [0.15, 0.2) is 47.5 Å². The van der Waals surface area contributed by atoms with E-state index < -0.39 is 39.0 Å². The zero-order valence-electron chi connectivity index (χ0n) is 12.4. The SMILES string of the molecule is O=C([O-])c1ccc(S(=O)(=O)Cc2cccc(C(F)(F)F)c2)cn1.[Na+]. The molecule has 0 N–H and O–H groups in total. The van der Waals surface area contributed by atoms with Crippen LogP contribution in [0.1, 0.15) is 21.6 Å². The zero-order valence-corrected chi connectivity index (χ0v) is 15.2. The van der Waals surface area contributed by atoms with E-state index in [4.69, 9.17) is 0 Å². The fraction of sp³-hybridized carbons (Fsp3) is 0.143. The number of benzene rings is 1. The van der Waals surface area contributed by atoms with Crippen molar-refractivity contribution in [3.8, 4) is 0 Å². The van der Waals surface area contributed by atoms with E-state index in [1.807, 2.05) is 0 Å². The number of aromatic nitrogens is 1. The van der Waals surface area contributed by atoms with Crippen LogP contribution in [0.2, 0.25) is 0 Å². The fourth-order valence-electron chi connectivity index (χ4n) is 1.83. The normalized spacial score (nSPS) is 11.6. The number of hydrogen-bond donors (Lipinski definition) is 0. The first kappa shape index (κ1) is 20.6. The van der Waals surface area contributed by atoms with E-state index in [9.17, 15) is 31.5 Å². The molecule has 1 heterocycles. The molecule has 0 spiro atoms. The molecule has 24 heavy (non-hydrogen) atoms. The van der Waals surface area contributed by atoms with Gasteiger partial charge in [-0.1, -0.05) is 18.2 Å². The van der Waals surface area contributed by atoms with Gasteiger partial charge in [0.2, 0.25) is 0 Å². The van der Waals surface area contributed by atoms with E-state index in [0.29, 0.717) is 0 Å². The van der Waals surface area contributed by atoms with Crippen LogP contribution >= 0.6 is 0 Å². The standard InChI is InChI=1S/C14H10F3NO4S.Na/c15-14(16,17)10-3-1-2-9(6-10)8-23(21,22)11-4-5-12(13(19)20)18-7-11;/h1-7H,8H2,(H,19,20);/q;+1/p-1. The number of sulfone groups is 1. The molecule has 0 unspecified atom stereocenters. The molecule has 0 saturated heterocycles. The first-order chi connectivity index (χ1) is 10.6. The van der Waals surface area contributed by atoms with Crippen molar-refractivity contribution in [1.29, 1.82) is 0 Å². The number of pyridine rings is 1. The van der Waals surface area contributed by atoms with Crippen LogP contribution in [0.4, 0.5) is 13.2 Å². The van der Waals surface area contributed by atoms with Crippen LogP contribution in [0.3, 0.4) is 0 Å². The van der Waals surface area contributed by atoms with E-state index in [1.165, 1.54) is 6.07 Å². The van der Waals surface area contributed by atoms with Gasteiger partial charge in [-0.15, -0.1) is 0 Å². The van der Waals surface area contributed by atoms with Gasteiger partial charge in [0, 0.05) is 6.20 Å². The molecular weight excluding hydrogens is 358 g/mol. The van der Waals surface area contributed by atoms with Crippen molar-refractivity contribution in [2.45, 2.75) is 16.8 Å². The van der Waals surface area contributed by atoms with Crippen molar-refractivity contribution in [3.63, 3.8) is 0 Å². The Morgan fingerprint density at radius 2 is 1.83 bits per heavy atom. The molecule has 0 aliphatic rings. The Hall–Kier alpha value is -1.42. The maximum absolute atomic E-state index is 12.6. The number of carboxylic acid groups (broad SMARTS) is 1. The summed E-state index contributed by atoms with van der Waals surface area (Å²) >= 11 is 0. The van der Waals surface area contributed by atoms with Crippen molar-refractivity contribution in [3.05, 3.63) is 59.4 Å². The van der Waals surface area contributed by atoms with Gasteiger partial charge in [-0.2, -0.15) is 13.2 Å². The van der Waals surface area contributed by atoms with Gasteiger partial charge in [0.1, 0.15) is 0 Å². The maximum atomic E-state index is 12.6. The average molecular weight is 367 g/mol. The Morgan fingerprint density at radius 3 is 2.33 bits per heavy atom. The molecule has 0 bridgehead atoms. The van der Waals surface area contributed by atoms with Crippen molar-refractivity contribution in [2.75, 3.05) is 0 Å². The molecule has 2 aromatic rings. The molecule has 1 aromatic heterocycles. The van der Waals surface area contributed by atoms with Gasteiger partial charge < -0.3 is 9.90 Å². The number of halogens is 3. The predicted molar refractivity (Wildman–Crippen MR) is 70.9 cm³/mol. The number of carboxylic acids is 1. The summed E-state index contributed by atoms with van der Waals surface area (Å²) in [7, 11) is -3.96. The second kappa shape index (κ2) is 7.64. The summed E-state index contributed by atoms with van der Waals surface area (Å²) in [5, 5.41) is 10.6. The minimum absolute atomic E-state index is 0. The van der Waals surface area contributed by atoms with Crippen LogP contribution in [0, 0.1) is 0 Å². The fourth-order valence-corrected chi connectivity index (χ4v) is 3.10. The Kier molecular flexibility index (Phi) is 6.57. The molecular formula is C14H9F3NNaO4S.